The molecule has 1 heterocycles. The van der Waals surface area contributed by atoms with E-state index in [0.717, 1.165) is 18.7 Å². The number of carboxylic acid groups (broad SMARTS) is 1. The van der Waals surface area contributed by atoms with Gasteiger partial charge < -0.3 is 25.2 Å². The topological polar surface area (TPSA) is 99.1 Å². The quantitative estimate of drug-likeness (QED) is 0.448. The average Bonchev–Trinajstić information content (AvgIpc) is 3.16. The van der Waals surface area contributed by atoms with Gasteiger partial charge >= 0.3 is 11.9 Å². The summed E-state index contributed by atoms with van der Waals surface area (Å²) >= 11 is 12.5. The Balaban J connectivity index is 1.54. The fourth-order valence-corrected chi connectivity index (χ4v) is 4.12. The Morgan fingerprint density at radius 3 is 2.50 bits per heavy atom. The first-order valence-electron chi connectivity index (χ1n) is 9.67. The van der Waals surface area contributed by atoms with Crippen LogP contribution < -0.4 is 15.0 Å². The van der Waals surface area contributed by atoms with Crippen LogP contribution in [0, 0.1) is 0 Å². The molecule has 0 aromatic heterocycles. The summed E-state index contributed by atoms with van der Waals surface area (Å²) in [5.74, 6) is -2.14. The number of carboxylic acids is 1. The molecule has 7 nitrogen and oxygen atoms in total. The first-order chi connectivity index (χ1) is 15.3. The third kappa shape index (κ3) is 4.59. The van der Waals surface area contributed by atoms with Gasteiger partial charge in [0.15, 0.2) is 5.75 Å². The van der Waals surface area contributed by atoms with Crippen LogP contribution in [-0.4, -0.2) is 28.6 Å². The summed E-state index contributed by atoms with van der Waals surface area (Å²) in [5, 5.41) is 21.4. The molecule has 0 atom stereocenters. The van der Waals surface area contributed by atoms with E-state index in [9.17, 15) is 14.7 Å². The predicted molar refractivity (Wildman–Crippen MR) is 122 cm³/mol. The van der Waals surface area contributed by atoms with Gasteiger partial charge in [-0.2, -0.15) is 0 Å². The van der Waals surface area contributed by atoms with E-state index in [1.165, 1.54) is 23.8 Å². The van der Waals surface area contributed by atoms with Crippen LogP contribution in [0.5, 0.6) is 17.2 Å². The predicted octanol–water partition coefficient (Wildman–Crippen LogP) is 5.08. The van der Waals surface area contributed by atoms with Gasteiger partial charge in [0.25, 0.3) is 0 Å². The molecule has 1 amide bonds. The second-order valence-corrected chi connectivity index (χ2v) is 8.04. The molecule has 3 aromatic carbocycles. The SMILES string of the molecule is O=C(O)C(=O)Nc1cc(Cl)c(Oc2ccc(O)c(CN3CCc4ccccc43)c2)c(Cl)c1. The average molecular weight is 473 g/mol. The number of aromatic hydroxyl groups is 1. The van der Waals surface area contributed by atoms with E-state index >= 15 is 0 Å². The van der Waals surface area contributed by atoms with E-state index in [1.54, 1.807) is 12.1 Å². The summed E-state index contributed by atoms with van der Waals surface area (Å²) in [6.07, 6.45) is 0.948. The van der Waals surface area contributed by atoms with E-state index in [2.05, 4.69) is 22.3 Å². The molecule has 0 saturated heterocycles. The number of anilines is 2. The van der Waals surface area contributed by atoms with Crippen LogP contribution in [0.25, 0.3) is 0 Å². The highest BCUT2D eigenvalue weighted by Crippen LogP contribution is 2.40. The van der Waals surface area contributed by atoms with E-state index in [0.29, 0.717) is 17.9 Å². The number of hydrogen-bond donors (Lipinski definition) is 3. The first-order valence-corrected chi connectivity index (χ1v) is 10.4. The summed E-state index contributed by atoms with van der Waals surface area (Å²) in [6.45, 7) is 1.35. The van der Waals surface area contributed by atoms with Gasteiger partial charge in [0.1, 0.15) is 11.5 Å². The third-order valence-electron chi connectivity index (χ3n) is 5.07. The maximum Gasteiger partial charge on any atom is 0.394 e. The van der Waals surface area contributed by atoms with Crippen molar-refractivity contribution in [1.29, 1.82) is 0 Å². The standard InChI is InChI=1S/C23H18Cl2N2O5/c24-17-10-15(26-22(29)23(30)31)11-18(25)21(17)32-16-5-6-20(28)14(9-16)12-27-8-7-13-3-1-2-4-19(13)27/h1-6,9-11,28H,7-8,12H2,(H,26,29)(H,30,31). The lowest BCUT2D eigenvalue weighted by atomic mass is 10.1. The van der Waals surface area contributed by atoms with Crippen molar-refractivity contribution in [3.63, 3.8) is 0 Å². The molecule has 4 rings (SSSR count). The van der Waals surface area contributed by atoms with Gasteiger partial charge in [-0.1, -0.05) is 41.4 Å². The third-order valence-corrected chi connectivity index (χ3v) is 5.63. The maximum absolute atomic E-state index is 11.3. The number of amides is 1. The van der Waals surface area contributed by atoms with E-state index in [4.69, 9.17) is 33.0 Å². The molecule has 0 bridgehead atoms. The largest absolute Gasteiger partial charge is 0.508 e. The first kappa shape index (κ1) is 21.8. The number of carbonyl (C=O) groups is 2. The van der Waals surface area contributed by atoms with E-state index in [1.807, 2.05) is 12.1 Å². The number of phenolic OH excluding ortho intramolecular Hbond substituents is 1. The van der Waals surface area contributed by atoms with Crippen LogP contribution >= 0.6 is 23.2 Å². The number of phenols is 1. The number of aliphatic carboxylic acids is 1. The second-order valence-electron chi connectivity index (χ2n) is 7.22. The van der Waals surface area contributed by atoms with Gasteiger partial charge in [-0.15, -0.1) is 0 Å². The summed E-state index contributed by atoms with van der Waals surface area (Å²) in [5.41, 5.74) is 3.21. The van der Waals surface area contributed by atoms with Gasteiger partial charge in [-0.05, 0) is 48.4 Å². The fourth-order valence-electron chi connectivity index (χ4n) is 3.56. The lowest BCUT2D eigenvalue weighted by Gasteiger charge is -2.20. The van der Waals surface area contributed by atoms with Crippen LogP contribution in [-0.2, 0) is 22.6 Å². The molecule has 9 heteroatoms. The van der Waals surface area contributed by atoms with Crippen molar-refractivity contribution < 1.29 is 24.5 Å². The van der Waals surface area contributed by atoms with Crippen molar-refractivity contribution in [2.45, 2.75) is 13.0 Å². The highest BCUT2D eigenvalue weighted by Gasteiger charge is 2.20. The van der Waals surface area contributed by atoms with E-state index < -0.39 is 11.9 Å². The maximum atomic E-state index is 11.3. The normalized spacial score (nSPS) is 12.4. The Hall–Kier alpha value is -3.42. The number of ether oxygens (including phenoxy) is 1. The zero-order chi connectivity index (χ0) is 22.8. The van der Waals surface area contributed by atoms with Crippen molar-refractivity contribution >= 4 is 46.5 Å². The summed E-state index contributed by atoms with van der Waals surface area (Å²) in [4.78, 5) is 24.2. The van der Waals surface area contributed by atoms with Gasteiger partial charge in [-0.3, -0.25) is 4.79 Å². The summed E-state index contributed by atoms with van der Waals surface area (Å²) < 4.78 is 5.85. The molecule has 3 N–H and O–H groups in total. The van der Waals surface area contributed by atoms with Crippen LogP contribution in [0.2, 0.25) is 10.0 Å². The van der Waals surface area contributed by atoms with Crippen LogP contribution in [0.15, 0.2) is 54.6 Å². The minimum Gasteiger partial charge on any atom is -0.508 e. The molecule has 0 radical (unpaired) electrons. The number of nitrogens with one attached hydrogen (secondary N) is 1. The second kappa shape index (κ2) is 8.98. The molecule has 0 saturated carbocycles. The van der Waals surface area contributed by atoms with Crippen molar-refractivity contribution in [2.75, 3.05) is 16.8 Å². The molecule has 0 unspecified atom stereocenters. The number of carbonyl (C=O) groups excluding carboxylic acids is 1. The highest BCUT2D eigenvalue weighted by molar-refractivity contribution is 6.39. The van der Waals surface area contributed by atoms with Crippen LogP contribution in [0.1, 0.15) is 11.1 Å². The Kier molecular flexibility index (Phi) is 6.12. The number of fused-ring (bicyclic) bond motifs is 1. The Morgan fingerprint density at radius 2 is 1.78 bits per heavy atom. The minimum absolute atomic E-state index is 0.0845. The Labute approximate surface area is 193 Å². The highest BCUT2D eigenvalue weighted by atomic mass is 35.5. The molecule has 0 aliphatic carbocycles. The molecular weight excluding hydrogens is 455 g/mol. The van der Waals surface area contributed by atoms with Crippen molar-refractivity contribution in [2.24, 2.45) is 0 Å². The zero-order valence-electron chi connectivity index (χ0n) is 16.6. The van der Waals surface area contributed by atoms with Crippen LogP contribution in [0.3, 0.4) is 0 Å². The number of halogens is 2. The number of hydrogen-bond acceptors (Lipinski definition) is 5. The number of benzene rings is 3. The van der Waals surface area contributed by atoms with Crippen LogP contribution in [0.4, 0.5) is 11.4 Å². The molecule has 3 aromatic rings. The summed E-state index contributed by atoms with van der Waals surface area (Å²) in [6, 6.07) is 15.7. The van der Waals surface area contributed by atoms with Crippen molar-refractivity contribution in [3.05, 3.63) is 75.8 Å². The van der Waals surface area contributed by atoms with Crippen molar-refractivity contribution in [3.8, 4) is 17.2 Å². The minimum atomic E-state index is -1.63. The van der Waals surface area contributed by atoms with Gasteiger partial charge in [-0.25, -0.2) is 4.79 Å². The molecule has 0 spiro atoms. The van der Waals surface area contributed by atoms with Gasteiger partial charge in [0.05, 0.1) is 10.0 Å². The van der Waals surface area contributed by atoms with E-state index in [-0.39, 0.29) is 27.2 Å². The fraction of sp³-hybridized carbons (Fsp3) is 0.130. The molecule has 164 valence electrons. The number of para-hydroxylation sites is 1. The number of rotatable bonds is 5. The lowest BCUT2D eigenvalue weighted by molar-refractivity contribution is -0.147. The molecular formula is C23H18Cl2N2O5. The Bertz CT molecular complexity index is 1190. The van der Waals surface area contributed by atoms with Gasteiger partial charge in [0, 0.05) is 30.0 Å². The Morgan fingerprint density at radius 1 is 1.06 bits per heavy atom. The molecule has 32 heavy (non-hydrogen) atoms. The monoisotopic (exact) mass is 472 g/mol. The van der Waals surface area contributed by atoms with Crippen molar-refractivity contribution in [1.82, 2.24) is 0 Å². The number of nitrogens with zero attached hydrogens (tertiary/aromatic N) is 1. The van der Waals surface area contributed by atoms with Gasteiger partial charge in [0.2, 0.25) is 0 Å². The molecule has 1 aliphatic heterocycles. The lowest BCUT2D eigenvalue weighted by Crippen LogP contribution is -2.21. The smallest absolute Gasteiger partial charge is 0.394 e. The molecule has 1 aliphatic rings. The summed E-state index contributed by atoms with van der Waals surface area (Å²) in [7, 11) is 0. The molecule has 0 fully saturated rings. The zero-order valence-corrected chi connectivity index (χ0v) is 18.2.